The molecule has 0 radical (unpaired) electrons. The Morgan fingerprint density at radius 1 is 1.43 bits per heavy atom. The van der Waals surface area contributed by atoms with Crippen LogP contribution in [0.5, 0.6) is 0 Å². The van der Waals surface area contributed by atoms with Crippen LogP contribution in [0.25, 0.3) is 4.96 Å². The second-order valence-corrected chi connectivity index (χ2v) is 6.87. The van der Waals surface area contributed by atoms with E-state index in [0.29, 0.717) is 18.2 Å². The number of hydrogen-bond donors (Lipinski definition) is 1. The zero-order valence-corrected chi connectivity index (χ0v) is 14.0. The normalized spacial score (nSPS) is 12.6. The number of sulfonamides is 1. The lowest BCUT2D eigenvalue weighted by atomic mass is 10.6. The third kappa shape index (κ3) is 3.74. The van der Waals surface area contributed by atoms with Crippen LogP contribution >= 0.6 is 22.9 Å². The van der Waals surface area contributed by atoms with Gasteiger partial charge in [0.15, 0.2) is 21.4 Å². The van der Waals surface area contributed by atoms with Crippen molar-refractivity contribution in [1.82, 2.24) is 14.1 Å². The van der Waals surface area contributed by atoms with Crippen LogP contribution in [0, 0.1) is 0 Å². The molecule has 2 aromatic rings. The van der Waals surface area contributed by atoms with Crippen LogP contribution in [0.4, 0.5) is 0 Å². The van der Waals surface area contributed by atoms with Crippen LogP contribution < -0.4 is 4.72 Å². The molecule has 0 amide bonds. The summed E-state index contributed by atoms with van der Waals surface area (Å²) in [6.07, 6.45) is 0.968. The van der Waals surface area contributed by atoms with Gasteiger partial charge in [0.1, 0.15) is 0 Å². The third-order valence-corrected chi connectivity index (χ3v) is 5.16. The number of fused-ring (bicyclic) bond motifs is 1. The number of rotatable bonds is 8. The standard InChI is InChI=1S/C11H16ClN3O4S2/c1-3-18-8(19-4-2)7-13-21(16,17)10-9(12)14-11-15(10)5-6-20-11/h5-6,8,13H,3-4,7H2,1-2H3. The Morgan fingerprint density at radius 2 is 2.10 bits per heavy atom. The van der Waals surface area contributed by atoms with Crippen molar-refractivity contribution < 1.29 is 17.9 Å². The zero-order valence-electron chi connectivity index (χ0n) is 11.6. The predicted octanol–water partition coefficient (Wildman–Crippen LogP) is 1.73. The molecule has 118 valence electrons. The van der Waals surface area contributed by atoms with E-state index in [-0.39, 0.29) is 16.7 Å². The Kier molecular flexibility index (Phi) is 5.58. The molecule has 1 N–H and O–H groups in total. The summed E-state index contributed by atoms with van der Waals surface area (Å²) >= 11 is 7.23. The van der Waals surface area contributed by atoms with Crippen LogP contribution in [0.2, 0.25) is 5.15 Å². The van der Waals surface area contributed by atoms with Crippen molar-refractivity contribution >= 4 is 37.9 Å². The van der Waals surface area contributed by atoms with Crippen molar-refractivity contribution in [2.45, 2.75) is 25.2 Å². The van der Waals surface area contributed by atoms with Gasteiger partial charge >= 0.3 is 0 Å². The molecule has 0 bridgehead atoms. The van der Waals surface area contributed by atoms with Gasteiger partial charge in [-0.25, -0.2) is 18.1 Å². The lowest BCUT2D eigenvalue weighted by molar-refractivity contribution is -0.130. The first kappa shape index (κ1) is 16.7. The summed E-state index contributed by atoms with van der Waals surface area (Å²) in [6, 6.07) is 0. The molecule has 0 spiro atoms. The first-order valence-electron chi connectivity index (χ1n) is 6.33. The fourth-order valence-corrected chi connectivity index (χ4v) is 4.23. The molecule has 0 aromatic carbocycles. The first-order valence-corrected chi connectivity index (χ1v) is 9.07. The summed E-state index contributed by atoms with van der Waals surface area (Å²) < 4.78 is 39.2. The summed E-state index contributed by atoms with van der Waals surface area (Å²) in [4.78, 5) is 4.52. The minimum atomic E-state index is -3.81. The highest BCUT2D eigenvalue weighted by Gasteiger charge is 2.26. The number of ether oxygens (including phenoxy) is 2. The number of imidazole rings is 1. The molecule has 21 heavy (non-hydrogen) atoms. The van der Waals surface area contributed by atoms with Gasteiger partial charge in [0.2, 0.25) is 0 Å². The third-order valence-electron chi connectivity index (χ3n) is 2.58. The average Bonchev–Trinajstić information content (AvgIpc) is 2.96. The highest BCUT2D eigenvalue weighted by molar-refractivity contribution is 7.89. The Hall–Kier alpha value is -0.710. The Labute approximate surface area is 131 Å². The number of nitrogens with one attached hydrogen (secondary N) is 1. The lowest BCUT2D eigenvalue weighted by Gasteiger charge is -2.17. The van der Waals surface area contributed by atoms with Crippen LogP contribution in [0.3, 0.4) is 0 Å². The number of thiazole rings is 1. The van der Waals surface area contributed by atoms with E-state index in [4.69, 9.17) is 21.1 Å². The average molecular weight is 354 g/mol. The molecule has 10 heteroatoms. The minimum absolute atomic E-state index is 0.00227. The second kappa shape index (κ2) is 7.03. The monoisotopic (exact) mass is 353 g/mol. The van der Waals surface area contributed by atoms with Gasteiger partial charge in [-0.05, 0) is 13.8 Å². The van der Waals surface area contributed by atoms with Crippen LogP contribution in [-0.4, -0.2) is 43.9 Å². The molecule has 0 unspecified atom stereocenters. The molecule has 0 fully saturated rings. The fourth-order valence-electron chi connectivity index (χ4n) is 1.76. The van der Waals surface area contributed by atoms with Gasteiger partial charge in [-0.3, -0.25) is 4.40 Å². The molecule has 0 saturated heterocycles. The fraction of sp³-hybridized carbons (Fsp3) is 0.545. The number of aromatic nitrogens is 2. The molecule has 0 atom stereocenters. The maximum absolute atomic E-state index is 12.4. The number of halogens is 1. The molecule has 0 aliphatic heterocycles. The van der Waals surface area contributed by atoms with Crippen molar-refractivity contribution in [1.29, 1.82) is 0 Å². The SMILES string of the molecule is CCOC(CNS(=O)(=O)c1c(Cl)nc2sccn12)OCC. The summed E-state index contributed by atoms with van der Waals surface area (Å²) in [6.45, 7) is 4.47. The predicted molar refractivity (Wildman–Crippen MR) is 80.3 cm³/mol. The van der Waals surface area contributed by atoms with Gasteiger partial charge in [-0.15, -0.1) is 11.3 Å². The van der Waals surface area contributed by atoms with Crippen molar-refractivity contribution in [3.05, 3.63) is 16.7 Å². The van der Waals surface area contributed by atoms with Crippen LogP contribution in [0.15, 0.2) is 16.6 Å². The minimum Gasteiger partial charge on any atom is -0.352 e. The Bertz CT molecular complexity index is 691. The van der Waals surface area contributed by atoms with Gasteiger partial charge in [-0.2, -0.15) is 0 Å². The highest BCUT2D eigenvalue weighted by atomic mass is 35.5. The Balaban J connectivity index is 2.18. The lowest BCUT2D eigenvalue weighted by Crippen LogP contribution is -2.36. The van der Waals surface area contributed by atoms with Gasteiger partial charge in [0.25, 0.3) is 10.0 Å². The van der Waals surface area contributed by atoms with E-state index < -0.39 is 16.3 Å². The summed E-state index contributed by atoms with van der Waals surface area (Å²) in [5.41, 5.74) is 0. The van der Waals surface area contributed by atoms with Crippen molar-refractivity contribution in [2.24, 2.45) is 0 Å². The summed E-state index contributed by atoms with van der Waals surface area (Å²) in [5, 5.41) is 1.60. The maximum Gasteiger partial charge on any atom is 0.259 e. The van der Waals surface area contributed by atoms with Crippen molar-refractivity contribution in [3.63, 3.8) is 0 Å². The van der Waals surface area contributed by atoms with Gasteiger partial charge in [0, 0.05) is 24.8 Å². The summed E-state index contributed by atoms with van der Waals surface area (Å²) in [5.74, 6) is 0. The van der Waals surface area contributed by atoms with E-state index in [1.54, 1.807) is 11.6 Å². The van der Waals surface area contributed by atoms with E-state index in [9.17, 15) is 8.42 Å². The number of hydrogen-bond acceptors (Lipinski definition) is 6. The second-order valence-electron chi connectivity index (χ2n) is 3.96. The molecular weight excluding hydrogens is 338 g/mol. The highest BCUT2D eigenvalue weighted by Crippen LogP contribution is 2.25. The molecule has 2 aromatic heterocycles. The van der Waals surface area contributed by atoms with E-state index >= 15 is 0 Å². The van der Waals surface area contributed by atoms with Gasteiger partial charge in [-0.1, -0.05) is 11.6 Å². The molecule has 0 aliphatic rings. The smallest absolute Gasteiger partial charge is 0.259 e. The van der Waals surface area contributed by atoms with Gasteiger partial charge in [0.05, 0.1) is 6.54 Å². The molecule has 2 rings (SSSR count). The molecule has 2 heterocycles. The topological polar surface area (TPSA) is 81.9 Å². The zero-order chi connectivity index (χ0) is 15.5. The molecule has 7 nitrogen and oxygen atoms in total. The molecule has 0 saturated carbocycles. The van der Waals surface area contributed by atoms with Crippen molar-refractivity contribution in [2.75, 3.05) is 19.8 Å². The van der Waals surface area contributed by atoms with Gasteiger partial charge < -0.3 is 9.47 Å². The van der Waals surface area contributed by atoms with Crippen LogP contribution in [-0.2, 0) is 19.5 Å². The molecular formula is C11H16ClN3O4S2. The Morgan fingerprint density at radius 3 is 2.71 bits per heavy atom. The van der Waals surface area contributed by atoms with E-state index in [2.05, 4.69) is 9.71 Å². The summed E-state index contributed by atoms with van der Waals surface area (Å²) in [7, 11) is -3.81. The number of nitrogens with zero attached hydrogens (tertiary/aromatic N) is 2. The van der Waals surface area contributed by atoms with Crippen LogP contribution in [0.1, 0.15) is 13.8 Å². The van der Waals surface area contributed by atoms with E-state index in [1.807, 2.05) is 13.8 Å². The first-order chi connectivity index (χ1) is 9.99. The molecule has 0 aliphatic carbocycles. The quantitative estimate of drug-likeness (QED) is 0.731. The maximum atomic E-state index is 12.4. The van der Waals surface area contributed by atoms with Crippen molar-refractivity contribution in [3.8, 4) is 0 Å². The largest absolute Gasteiger partial charge is 0.352 e. The van der Waals surface area contributed by atoms with E-state index in [0.717, 1.165) is 0 Å². The van der Waals surface area contributed by atoms with E-state index in [1.165, 1.54) is 15.7 Å².